The lowest BCUT2D eigenvalue weighted by Gasteiger charge is -2.09. The highest BCUT2D eigenvalue weighted by molar-refractivity contribution is 6.34. The van der Waals surface area contributed by atoms with Crippen LogP contribution in [0.25, 0.3) is 0 Å². The summed E-state index contributed by atoms with van der Waals surface area (Å²) in [7, 11) is 0. The number of rotatable bonds is 7. The summed E-state index contributed by atoms with van der Waals surface area (Å²) in [6, 6.07) is 21.0. The van der Waals surface area contributed by atoms with Crippen LogP contribution in [0.3, 0.4) is 0 Å². The standard InChI is InChI=1S/C21H18Cl3NO/c22-17-5-1-3-15(9-17)7-8-25-14-16-4-2-6-20(10-16)26-21-12-18(23)11-19(24)13-21/h1-6,9-13,25H,7-8,14H2. The van der Waals surface area contributed by atoms with Gasteiger partial charge in [-0.15, -0.1) is 0 Å². The van der Waals surface area contributed by atoms with Gasteiger partial charge in [0.05, 0.1) is 0 Å². The van der Waals surface area contributed by atoms with Gasteiger partial charge in [0.25, 0.3) is 0 Å². The molecule has 0 aliphatic rings. The molecule has 5 heteroatoms. The molecule has 0 aromatic heterocycles. The lowest BCUT2D eigenvalue weighted by atomic mass is 10.1. The number of halogens is 3. The van der Waals surface area contributed by atoms with Gasteiger partial charge >= 0.3 is 0 Å². The predicted octanol–water partition coefficient (Wildman–Crippen LogP) is 6.77. The van der Waals surface area contributed by atoms with E-state index in [9.17, 15) is 0 Å². The molecule has 2 nitrogen and oxygen atoms in total. The molecule has 0 fully saturated rings. The Kier molecular flexibility index (Phi) is 6.81. The van der Waals surface area contributed by atoms with Crippen molar-refractivity contribution in [2.75, 3.05) is 6.54 Å². The third kappa shape index (κ3) is 5.93. The first kappa shape index (κ1) is 19.1. The third-order valence-electron chi connectivity index (χ3n) is 3.78. The van der Waals surface area contributed by atoms with Crippen molar-refractivity contribution in [2.24, 2.45) is 0 Å². The monoisotopic (exact) mass is 405 g/mol. The molecule has 0 spiro atoms. The Morgan fingerprint density at radius 2 is 1.42 bits per heavy atom. The second-order valence-electron chi connectivity index (χ2n) is 5.91. The van der Waals surface area contributed by atoms with Crippen molar-refractivity contribution >= 4 is 34.8 Å². The zero-order valence-electron chi connectivity index (χ0n) is 14.0. The SMILES string of the molecule is Clc1cccc(CCNCc2cccc(Oc3cc(Cl)cc(Cl)c3)c2)c1. The van der Waals surface area contributed by atoms with Gasteiger partial charge in [-0.3, -0.25) is 0 Å². The van der Waals surface area contributed by atoms with Gasteiger partial charge < -0.3 is 10.1 Å². The van der Waals surface area contributed by atoms with Crippen molar-refractivity contribution in [1.82, 2.24) is 5.32 Å². The Hall–Kier alpha value is -1.71. The molecule has 0 radical (unpaired) electrons. The molecule has 26 heavy (non-hydrogen) atoms. The number of nitrogens with one attached hydrogen (secondary N) is 1. The van der Waals surface area contributed by atoms with Crippen LogP contribution in [0.15, 0.2) is 66.7 Å². The first-order valence-corrected chi connectivity index (χ1v) is 9.40. The topological polar surface area (TPSA) is 21.3 Å². The van der Waals surface area contributed by atoms with Crippen LogP contribution < -0.4 is 10.1 Å². The van der Waals surface area contributed by atoms with Gasteiger partial charge in [0.1, 0.15) is 11.5 Å². The van der Waals surface area contributed by atoms with Gasteiger partial charge in [0.15, 0.2) is 0 Å². The Morgan fingerprint density at radius 3 is 2.19 bits per heavy atom. The highest BCUT2D eigenvalue weighted by Crippen LogP contribution is 2.28. The molecule has 3 aromatic rings. The first-order chi connectivity index (χ1) is 12.6. The molecule has 0 aliphatic heterocycles. The summed E-state index contributed by atoms with van der Waals surface area (Å²) < 4.78 is 5.86. The number of benzene rings is 3. The summed E-state index contributed by atoms with van der Waals surface area (Å²) in [5.41, 5.74) is 2.36. The van der Waals surface area contributed by atoms with Crippen LogP contribution in [0.2, 0.25) is 15.1 Å². The fourth-order valence-corrected chi connectivity index (χ4v) is 3.32. The summed E-state index contributed by atoms with van der Waals surface area (Å²) >= 11 is 18.0. The van der Waals surface area contributed by atoms with E-state index in [0.29, 0.717) is 15.8 Å². The van der Waals surface area contributed by atoms with Crippen molar-refractivity contribution in [3.8, 4) is 11.5 Å². The van der Waals surface area contributed by atoms with Crippen LogP contribution in [0.5, 0.6) is 11.5 Å². The Bertz CT molecular complexity index is 862. The van der Waals surface area contributed by atoms with E-state index in [1.54, 1.807) is 18.2 Å². The molecule has 134 valence electrons. The van der Waals surface area contributed by atoms with Gasteiger partial charge in [-0.25, -0.2) is 0 Å². The molecule has 3 rings (SSSR count). The van der Waals surface area contributed by atoms with E-state index >= 15 is 0 Å². The fourth-order valence-electron chi connectivity index (χ4n) is 2.60. The van der Waals surface area contributed by atoms with Crippen LogP contribution in [0.1, 0.15) is 11.1 Å². The molecule has 0 amide bonds. The van der Waals surface area contributed by atoms with E-state index in [2.05, 4.69) is 17.4 Å². The van der Waals surface area contributed by atoms with Gasteiger partial charge in [-0.2, -0.15) is 0 Å². The minimum absolute atomic E-state index is 0.548. The van der Waals surface area contributed by atoms with Gasteiger partial charge in [-0.1, -0.05) is 59.1 Å². The molecule has 1 N–H and O–H groups in total. The molecule has 0 bridgehead atoms. The zero-order chi connectivity index (χ0) is 18.4. The van der Waals surface area contributed by atoms with Gasteiger partial charge in [0.2, 0.25) is 0 Å². The van der Waals surface area contributed by atoms with Crippen LogP contribution in [-0.2, 0) is 13.0 Å². The smallest absolute Gasteiger partial charge is 0.130 e. The van der Waals surface area contributed by atoms with E-state index in [-0.39, 0.29) is 0 Å². The number of ether oxygens (including phenoxy) is 1. The molecule has 0 heterocycles. The van der Waals surface area contributed by atoms with Crippen molar-refractivity contribution in [3.05, 3.63) is 92.9 Å². The van der Waals surface area contributed by atoms with Crippen molar-refractivity contribution in [3.63, 3.8) is 0 Å². The Morgan fingerprint density at radius 1 is 0.692 bits per heavy atom. The molecule has 0 unspecified atom stereocenters. The summed E-state index contributed by atoms with van der Waals surface area (Å²) in [5.74, 6) is 1.37. The molecule has 3 aromatic carbocycles. The quantitative estimate of drug-likeness (QED) is 0.437. The van der Waals surface area contributed by atoms with E-state index in [4.69, 9.17) is 39.5 Å². The van der Waals surface area contributed by atoms with Gasteiger partial charge in [0, 0.05) is 21.6 Å². The second-order valence-corrected chi connectivity index (χ2v) is 7.22. The van der Waals surface area contributed by atoms with E-state index in [0.717, 1.165) is 35.8 Å². The molecule has 0 atom stereocenters. The highest BCUT2D eigenvalue weighted by Gasteiger charge is 2.03. The summed E-state index contributed by atoms with van der Waals surface area (Å²) in [6.45, 7) is 1.63. The van der Waals surface area contributed by atoms with Crippen molar-refractivity contribution in [2.45, 2.75) is 13.0 Å². The van der Waals surface area contributed by atoms with Gasteiger partial charge in [-0.05, 0) is 66.6 Å². The van der Waals surface area contributed by atoms with Crippen LogP contribution >= 0.6 is 34.8 Å². The minimum atomic E-state index is 0.548. The maximum absolute atomic E-state index is 6.01. The normalized spacial score (nSPS) is 10.7. The van der Waals surface area contributed by atoms with E-state index in [1.807, 2.05) is 36.4 Å². The van der Waals surface area contributed by atoms with E-state index in [1.165, 1.54) is 5.56 Å². The van der Waals surface area contributed by atoms with E-state index < -0.39 is 0 Å². The van der Waals surface area contributed by atoms with Crippen LogP contribution in [0, 0.1) is 0 Å². The average molecular weight is 407 g/mol. The second kappa shape index (κ2) is 9.29. The molecule has 0 saturated heterocycles. The minimum Gasteiger partial charge on any atom is -0.457 e. The number of hydrogen-bond donors (Lipinski definition) is 1. The maximum Gasteiger partial charge on any atom is 0.130 e. The molecular formula is C21H18Cl3NO. The Balaban J connectivity index is 1.54. The lowest BCUT2D eigenvalue weighted by molar-refractivity contribution is 0.481. The van der Waals surface area contributed by atoms with Crippen LogP contribution in [0.4, 0.5) is 0 Å². The first-order valence-electron chi connectivity index (χ1n) is 8.26. The van der Waals surface area contributed by atoms with Crippen molar-refractivity contribution in [1.29, 1.82) is 0 Å². The maximum atomic E-state index is 6.01. The van der Waals surface area contributed by atoms with Crippen LogP contribution in [-0.4, -0.2) is 6.54 Å². The molecular weight excluding hydrogens is 389 g/mol. The highest BCUT2D eigenvalue weighted by atomic mass is 35.5. The summed E-state index contributed by atoms with van der Waals surface area (Å²) in [4.78, 5) is 0. The summed E-state index contributed by atoms with van der Waals surface area (Å²) in [6.07, 6.45) is 0.928. The largest absolute Gasteiger partial charge is 0.457 e. The number of hydrogen-bond acceptors (Lipinski definition) is 2. The Labute approximate surface area is 168 Å². The predicted molar refractivity (Wildman–Crippen MR) is 110 cm³/mol. The third-order valence-corrected chi connectivity index (χ3v) is 4.45. The zero-order valence-corrected chi connectivity index (χ0v) is 16.3. The summed E-state index contributed by atoms with van der Waals surface area (Å²) in [5, 5.41) is 5.30. The average Bonchev–Trinajstić information content (AvgIpc) is 2.58. The van der Waals surface area contributed by atoms with Crippen molar-refractivity contribution < 1.29 is 4.74 Å². The molecule has 0 aliphatic carbocycles. The lowest BCUT2D eigenvalue weighted by Crippen LogP contribution is -2.16. The molecule has 0 saturated carbocycles. The fraction of sp³-hybridized carbons (Fsp3) is 0.143.